The predicted molar refractivity (Wildman–Crippen MR) is 158 cm³/mol. The first kappa shape index (κ1) is 22.9. The molecule has 8 heteroatoms. The maximum atomic E-state index is 12.9. The standard InChI is InChI=1S/C26H17FS7/c27-13-15-1-3-17(29-15)19-5-7-21(31-19)23-9-11-25(33-23)26-12-10-24(34-26)22-8-6-20(32-22)18-4-2-16(14-28)30-18/h1-12,28H,13-14H2. The van der Waals surface area contributed by atoms with Crippen LogP contribution in [0, 0.1) is 0 Å². The summed E-state index contributed by atoms with van der Waals surface area (Å²) >= 11 is 15.1. The van der Waals surface area contributed by atoms with Crippen molar-refractivity contribution in [2.45, 2.75) is 12.4 Å². The summed E-state index contributed by atoms with van der Waals surface area (Å²) in [5.74, 6) is 0.793. The highest BCUT2D eigenvalue weighted by molar-refractivity contribution is 7.79. The van der Waals surface area contributed by atoms with Gasteiger partial charge in [-0.05, 0) is 72.8 Å². The Hall–Kier alpha value is -1.52. The average Bonchev–Trinajstić information content (AvgIpc) is 3.69. The van der Waals surface area contributed by atoms with Crippen molar-refractivity contribution in [1.29, 1.82) is 0 Å². The summed E-state index contributed by atoms with van der Waals surface area (Å²) in [4.78, 5) is 14.8. The number of rotatable bonds is 7. The van der Waals surface area contributed by atoms with Crippen LogP contribution in [0.4, 0.5) is 4.39 Å². The van der Waals surface area contributed by atoms with Crippen molar-refractivity contribution < 1.29 is 4.39 Å². The van der Waals surface area contributed by atoms with Gasteiger partial charge in [-0.1, -0.05) is 0 Å². The molecule has 6 heterocycles. The fraction of sp³-hybridized carbons (Fsp3) is 0.0769. The lowest BCUT2D eigenvalue weighted by Gasteiger charge is -1.93. The van der Waals surface area contributed by atoms with Crippen LogP contribution < -0.4 is 0 Å². The molecule has 6 rings (SSSR count). The molecule has 0 aliphatic rings. The lowest BCUT2D eigenvalue weighted by atomic mass is 10.3. The number of thiophene rings is 6. The molecule has 0 atom stereocenters. The summed E-state index contributed by atoms with van der Waals surface area (Å²) in [5.41, 5.74) is 0. The number of alkyl halides is 1. The fourth-order valence-corrected chi connectivity index (χ4v) is 10.1. The summed E-state index contributed by atoms with van der Waals surface area (Å²) in [7, 11) is 0. The molecule has 6 aromatic heterocycles. The number of halogens is 1. The highest BCUT2D eigenvalue weighted by Gasteiger charge is 2.13. The Labute approximate surface area is 227 Å². The molecule has 6 aromatic rings. The Morgan fingerprint density at radius 2 is 0.676 bits per heavy atom. The molecule has 0 bridgehead atoms. The zero-order chi connectivity index (χ0) is 23.1. The lowest BCUT2D eigenvalue weighted by molar-refractivity contribution is 0.491. The van der Waals surface area contributed by atoms with E-state index in [0.717, 1.165) is 15.5 Å². The smallest absolute Gasteiger partial charge is 0.124 e. The van der Waals surface area contributed by atoms with Gasteiger partial charge >= 0.3 is 0 Å². The summed E-state index contributed by atoms with van der Waals surface area (Å²) in [6.45, 7) is -0.391. The van der Waals surface area contributed by atoms with Crippen LogP contribution >= 0.6 is 80.6 Å². The maximum Gasteiger partial charge on any atom is 0.124 e. The SMILES string of the molecule is FCc1ccc(-c2ccc(-c3ccc(-c4ccc(-c5ccc(-c6ccc(CS)s6)s5)s4)s3)s2)s1. The van der Waals surface area contributed by atoms with E-state index in [0.29, 0.717) is 0 Å². The molecule has 0 amide bonds. The second kappa shape index (κ2) is 9.85. The lowest BCUT2D eigenvalue weighted by Crippen LogP contribution is -1.61. The van der Waals surface area contributed by atoms with E-state index in [9.17, 15) is 4.39 Å². The molecule has 0 aromatic carbocycles. The fourth-order valence-electron chi connectivity index (χ4n) is 3.59. The first-order valence-corrected chi connectivity index (χ1v) is 16.0. The second-order valence-corrected chi connectivity index (χ2v) is 14.5. The van der Waals surface area contributed by atoms with Crippen molar-refractivity contribution in [3.05, 3.63) is 82.6 Å². The second-order valence-electron chi connectivity index (χ2n) is 7.48. The molecule has 0 nitrogen and oxygen atoms in total. The zero-order valence-corrected chi connectivity index (χ0v) is 23.4. The van der Waals surface area contributed by atoms with Crippen LogP contribution in [0.2, 0.25) is 0 Å². The van der Waals surface area contributed by atoms with E-state index < -0.39 is 6.67 Å². The molecule has 0 aliphatic carbocycles. The first-order chi connectivity index (χ1) is 16.7. The molecular formula is C26H17FS7. The van der Waals surface area contributed by atoms with Gasteiger partial charge in [0.25, 0.3) is 0 Å². The van der Waals surface area contributed by atoms with E-state index in [4.69, 9.17) is 0 Å². The minimum absolute atomic E-state index is 0.391. The Morgan fingerprint density at radius 3 is 0.941 bits per heavy atom. The molecule has 0 saturated heterocycles. The Balaban J connectivity index is 1.22. The van der Waals surface area contributed by atoms with Gasteiger partial charge in [0.05, 0.1) is 0 Å². The van der Waals surface area contributed by atoms with E-state index in [2.05, 4.69) is 73.3 Å². The van der Waals surface area contributed by atoms with Gasteiger partial charge < -0.3 is 0 Å². The molecule has 0 N–H and O–H groups in total. The highest BCUT2D eigenvalue weighted by Crippen LogP contribution is 2.45. The quantitative estimate of drug-likeness (QED) is 0.181. The highest BCUT2D eigenvalue weighted by atomic mass is 32.1. The third kappa shape index (κ3) is 4.53. The van der Waals surface area contributed by atoms with Crippen LogP contribution in [-0.4, -0.2) is 0 Å². The van der Waals surface area contributed by atoms with Crippen LogP contribution in [0.15, 0.2) is 72.8 Å². The van der Waals surface area contributed by atoms with Crippen molar-refractivity contribution in [2.24, 2.45) is 0 Å². The average molecular weight is 573 g/mol. The topological polar surface area (TPSA) is 0 Å². The van der Waals surface area contributed by atoms with Crippen LogP contribution in [0.1, 0.15) is 9.75 Å². The van der Waals surface area contributed by atoms with Crippen LogP contribution in [0.5, 0.6) is 0 Å². The molecule has 0 unspecified atom stereocenters. The van der Waals surface area contributed by atoms with Crippen molar-refractivity contribution >= 4 is 80.6 Å². The minimum atomic E-state index is -0.391. The molecule has 0 radical (unpaired) electrons. The predicted octanol–water partition coefficient (Wildman–Crippen LogP) is 11.3. The number of thiol groups is 1. The van der Waals surface area contributed by atoms with Gasteiger partial charge in [0.1, 0.15) is 6.67 Å². The van der Waals surface area contributed by atoms with E-state index >= 15 is 0 Å². The summed E-state index contributed by atoms with van der Waals surface area (Å²) in [6, 6.07) is 26.0. The van der Waals surface area contributed by atoms with Gasteiger partial charge in [0, 0.05) is 64.3 Å². The van der Waals surface area contributed by atoms with Crippen LogP contribution in [-0.2, 0) is 12.4 Å². The monoisotopic (exact) mass is 572 g/mol. The Morgan fingerprint density at radius 1 is 0.412 bits per heavy atom. The summed E-state index contributed by atoms with van der Waals surface area (Å²) in [6.07, 6.45) is 0. The molecular weight excluding hydrogens is 556 g/mol. The van der Waals surface area contributed by atoms with Crippen molar-refractivity contribution in [1.82, 2.24) is 0 Å². The van der Waals surface area contributed by atoms with Gasteiger partial charge in [-0.15, -0.1) is 68.0 Å². The molecule has 170 valence electrons. The van der Waals surface area contributed by atoms with Crippen LogP contribution in [0.3, 0.4) is 0 Å². The van der Waals surface area contributed by atoms with Gasteiger partial charge in [-0.2, -0.15) is 12.6 Å². The van der Waals surface area contributed by atoms with Crippen molar-refractivity contribution in [3.63, 3.8) is 0 Å². The molecule has 34 heavy (non-hydrogen) atoms. The molecule has 0 spiro atoms. The van der Waals surface area contributed by atoms with E-state index in [-0.39, 0.29) is 0 Å². The zero-order valence-electron chi connectivity index (χ0n) is 17.6. The first-order valence-electron chi connectivity index (χ1n) is 10.5. The normalized spacial score (nSPS) is 11.5. The van der Waals surface area contributed by atoms with Crippen LogP contribution in [0.25, 0.3) is 48.8 Å². The van der Waals surface area contributed by atoms with Gasteiger partial charge in [0.2, 0.25) is 0 Å². The van der Waals surface area contributed by atoms with E-state index in [1.807, 2.05) is 57.5 Å². The van der Waals surface area contributed by atoms with E-state index in [1.54, 1.807) is 11.3 Å². The summed E-state index contributed by atoms with van der Waals surface area (Å²) in [5, 5.41) is 0. The number of hydrogen-bond donors (Lipinski definition) is 1. The van der Waals surface area contributed by atoms with E-state index in [1.165, 1.54) is 60.1 Å². The summed E-state index contributed by atoms with van der Waals surface area (Å²) < 4.78 is 12.9. The largest absolute Gasteiger partial charge is 0.245 e. The molecule has 0 aliphatic heterocycles. The minimum Gasteiger partial charge on any atom is -0.245 e. The Bertz CT molecular complexity index is 1430. The third-order valence-electron chi connectivity index (χ3n) is 5.25. The Kier molecular flexibility index (Phi) is 6.64. The van der Waals surface area contributed by atoms with Gasteiger partial charge in [-0.3, -0.25) is 0 Å². The third-order valence-corrected chi connectivity index (χ3v) is 13.3. The molecule has 0 fully saturated rings. The van der Waals surface area contributed by atoms with Gasteiger partial charge in [0.15, 0.2) is 0 Å². The van der Waals surface area contributed by atoms with Gasteiger partial charge in [-0.25, -0.2) is 4.39 Å². The maximum absolute atomic E-state index is 12.9. The van der Waals surface area contributed by atoms with Crippen molar-refractivity contribution in [3.8, 4) is 48.8 Å². The molecule has 0 saturated carbocycles. The van der Waals surface area contributed by atoms with Crippen molar-refractivity contribution in [2.75, 3.05) is 0 Å². The number of hydrogen-bond acceptors (Lipinski definition) is 7.